The van der Waals surface area contributed by atoms with E-state index in [0.717, 1.165) is 19.3 Å². The average molecular weight is 213 g/mol. The van der Waals surface area contributed by atoms with Gasteiger partial charge in [-0.2, -0.15) is 5.10 Å². The zero-order valence-electron chi connectivity index (χ0n) is 8.83. The molecule has 0 unspecified atom stereocenters. The number of nitrogens with zero attached hydrogens (tertiary/aromatic N) is 2. The van der Waals surface area contributed by atoms with Crippen LogP contribution in [-0.4, -0.2) is 15.7 Å². The van der Waals surface area contributed by atoms with Crippen LogP contribution in [0.1, 0.15) is 25.3 Å². The van der Waals surface area contributed by atoms with Crippen molar-refractivity contribution in [1.29, 1.82) is 0 Å². The second kappa shape index (κ2) is 5.86. The van der Waals surface area contributed by atoms with Gasteiger partial charge in [0.25, 0.3) is 0 Å². The Morgan fingerprint density at radius 1 is 1.64 bits per heavy atom. The molecule has 0 aromatic carbocycles. The number of halogens is 1. The molecule has 3 heteroatoms. The highest BCUT2D eigenvalue weighted by atomic mass is 35.5. The minimum atomic E-state index is 0.713. The Labute approximate surface area is 90.6 Å². The second-order valence-corrected chi connectivity index (χ2v) is 3.93. The molecular weight excluding hydrogens is 196 g/mol. The van der Waals surface area contributed by atoms with Crippen LogP contribution < -0.4 is 0 Å². The third-order valence-electron chi connectivity index (χ3n) is 2.17. The van der Waals surface area contributed by atoms with Gasteiger partial charge >= 0.3 is 0 Å². The number of allylic oxidation sites excluding steroid dienone is 2. The van der Waals surface area contributed by atoms with E-state index in [1.54, 1.807) is 0 Å². The summed E-state index contributed by atoms with van der Waals surface area (Å²) in [6.07, 6.45) is 9.34. The van der Waals surface area contributed by atoms with Crippen LogP contribution in [0.15, 0.2) is 24.0 Å². The third kappa shape index (κ3) is 3.97. The zero-order chi connectivity index (χ0) is 10.4. The highest BCUT2D eigenvalue weighted by Crippen LogP contribution is 2.08. The van der Waals surface area contributed by atoms with E-state index in [-0.39, 0.29) is 0 Å². The van der Waals surface area contributed by atoms with Crippen molar-refractivity contribution in [2.75, 3.05) is 5.88 Å². The van der Waals surface area contributed by atoms with Crippen molar-refractivity contribution in [2.24, 2.45) is 7.05 Å². The fourth-order valence-electron chi connectivity index (χ4n) is 1.35. The maximum absolute atomic E-state index is 5.61. The van der Waals surface area contributed by atoms with Crippen LogP contribution in [0.25, 0.3) is 0 Å². The van der Waals surface area contributed by atoms with Gasteiger partial charge in [0, 0.05) is 19.1 Å². The van der Waals surface area contributed by atoms with Crippen molar-refractivity contribution in [1.82, 2.24) is 9.78 Å². The Balaban J connectivity index is 2.33. The third-order valence-corrected chi connectivity index (χ3v) is 2.39. The lowest BCUT2D eigenvalue weighted by molar-refractivity contribution is 0.766. The van der Waals surface area contributed by atoms with Gasteiger partial charge in [0.05, 0.1) is 6.20 Å². The van der Waals surface area contributed by atoms with Gasteiger partial charge in [0.2, 0.25) is 0 Å². The van der Waals surface area contributed by atoms with E-state index in [1.165, 1.54) is 11.1 Å². The molecule has 0 bridgehead atoms. The number of rotatable bonds is 5. The lowest BCUT2D eigenvalue weighted by atomic mass is 10.1. The summed E-state index contributed by atoms with van der Waals surface area (Å²) in [4.78, 5) is 0. The van der Waals surface area contributed by atoms with Crippen LogP contribution in [0, 0.1) is 0 Å². The van der Waals surface area contributed by atoms with Gasteiger partial charge in [-0.15, -0.1) is 11.6 Å². The first-order chi connectivity index (χ1) is 6.72. The molecular formula is C11H17ClN2. The standard InChI is InChI=1S/C11H17ClN2/c1-10(4-3-7-12)5-6-11-8-13-14(2)9-11/h4,8-9H,3,5-7H2,1-2H3. The average Bonchev–Trinajstić information content (AvgIpc) is 2.58. The molecule has 1 rings (SSSR count). The van der Waals surface area contributed by atoms with Gasteiger partial charge in [0.1, 0.15) is 0 Å². The summed E-state index contributed by atoms with van der Waals surface area (Å²) in [6.45, 7) is 2.16. The molecule has 0 saturated carbocycles. The summed E-state index contributed by atoms with van der Waals surface area (Å²) >= 11 is 5.61. The maximum Gasteiger partial charge on any atom is 0.0521 e. The van der Waals surface area contributed by atoms with Crippen molar-refractivity contribution in [3.05, 3.63) is 29.6 Å². The molecule has 0 aliphatic carbocycles. The quantitative estimate of drug-likeness (QED) is 0.542. The fraction of sp³-hybridized carbons (Fsp3) is 0.545. The molecule has 0 aliphatic rings. The van der Waals surface area contributed by atoms with Gasteiger partial charge in [-0.3, -0.25) is 4.68 Å². The van der Waals surface area contributed by atoms with Crippen molar-refractivity contribution in [3.8, 4) is 0 Å². The Morgan fingerprint density at radius 2 is 2.43 bits per heavy atom. The first kappa shape index (κ1) is 11.3. The molecule has 2 nitrogen and oxygen atoms in total. The van der Waals surface area contributed by atoms with Crippen LogP contribution in [0.5, 0.6) is 0 Å². The van der Waals surface area contributed by atoms with Gasteiger partial charge < -0.3 is 0 Å². The number of aromatic nitrogens is 2. The summed E-state index contributed by atoms with van der Waals surface area (Å²) in [7, 11) is 1.94. The van der Waals surface area contributed by atoms with E-state index in [0.29, 0.717) is 5.88 Å². The highest BCUT2D eigenvalue weighted by Gasteiger charge is 1.96. The van der Waals surface area contributed by atoms with Gasteiger partial charge in [-0.05, 0) is 31.7 Å². The molecule has 0 fully saturated rings. The van der Waals surface area contributed by atoms with Crippen LogP contribution in [0.3, 0.4) is 0 Å². The van der Waals surface area contributed by atoms with Crippen molar-refractivity contribution in [2.45, 2.75) is 26.2 Å². The van der Waals surface area contributed by atoms with Crippen LogP contribution in [0.2, 0.25) is 0 Å². The minimum Gasteiger partial charge on any atom is -0.276 e. The predicted molar refractivity (Wildman–Crippen MR) is 60.6 cm³/mol. The molecule has 14 heavy (non-hydrogen) atoms. The van der Waals surface area contributed by atoms with Crippen LogP contribution >= 0.6 is 11.6 Å². The van der Waals surface area contributed by atoms with E-state index in [4.69, 9.17) is 11.6 Å². The molecule has 0 atom stereocenters. The molecule has 0 amide bonds. The molecule has 78 valence electrons. The smallest absolute Gasteiger partial charge is 0.0521 e. The Hall–Kier alpha value is -0.760. The molecule has 1 aromatic heterocycles. The number of alkyl halides is 1. The Morgan fingerprint density at radius 3 is 3.00 bits per heavy atom. The monoisotopic (exact) mass is 212 g/mol. The minimum absolute atomic E-state index is 0.713. The molecule has 0 N–H and O–H groups in total. The number of aryl methyl sites for hydroxylation is 2. The predicted octanol–water partition coefficient (Wildman–Crippen LogP) is 2.93. The van der Waals surface area contributed by atoms with Gasteiger partial charge in [-0.25, -0.2) is 0 Å². The van der Waals surface area contributed by atoms with E-state index >= 15 is 0 Å². The molecule has 0 saturated heterocycles. The fourth-order valence-corrected chi connectivity index (χ4v) is 1.45. The first-order valence-corrected chi connectivity index (χ1v) is 5.45. The zero-order valence-corrected chi connectivity index (χ0v) is 9.59. The Kier molecular flexibility index (Phi) is 4.74. The van der Waals surface area contributed by atoms with E-state index < -0.39 is 0 Å². The lowest BCUT2D eigenvalue weighted by Crippen LogP contribution is -1.86. The SMILES string of the molecule is CC(=CCCCl)CCc1cnn(C)c1. The van der Waals surface area contributed by atoms with Gasteiger partial charge in [-0.1, -0.05) is 11.6 Å². The van der Waals surface area contributed by atoms with Crippen molar-refractivity contribution >= 4 is 11.6 Å². The topological polar surface area (TPSA) is 17.8 Å². The second-order valence-electron chi connectivity index (χ2n) is 3.55. The number of hydrogen-bond acceptors (Lipinski definition) is 1. The molecule has 0 radical (unpaired) electrons. The summed E-state index contributed by atoms with van der Waals surface area (Å²) in [5.41, 5.74) is 2.71. The van der Waals surface area contributed by atoms with E-state index in [1.807, 2.05) is 17.9 Å². The molecule has 1 aromatic rings. The van der Waals surface area contributed by atoms with E-state index in [9.17, 15) is 0 Å². The number of hydrogen-bond donors (Lipinski definition) is 0. The lowest BCUT2D eigenvalue weighted by Gasteiger charge is -1.98. The molecule has 0 spiro atoms. The highest BCUT2D eigenvalue weighted by molar-refractivity contribution is 6.17. The first-order valence-electron chi connectivity index (χ1n) is 4.91. The van der Waals surface area contributed by atoms with E-state index in [2.05, 4.69) is 24.3 Å². The van der Waals surface area contributed by atoms with Crippen LogP contribution in [0.4, 0.5) is 0 Å². The normalized spacial score (nSPS) is 12.1. The Bertz CT molecular complexity index is 302. The molecule has 1 heterocycles. The van der Waals surface area contributed by atoms with Crippen molar-refractivity contribution < 1.29 is 0 Å². The largest absolute Gasteiger partial charge is 0.276 e. The summed E-state index contributed by atoms with van der Waals surface area (Å²) in [6, 6.07) is 0. The molecule has 0 aliphatic heterocycles. The van der Waals surface area contributed by atoms with Crippen molar-refractivity contribution in [3.63, 3.8) is 0 Å². The summed E-state index contributed by atoms with van der Waals surface area (Å²) in [5, 5.41) is 4.13. The summed E-state index contributed by atoms with van der Waals surface area (Å²) < 4.78 is 1.84. The van der Waals surface area contributed by atoms with Gasteiger partial charge in [0.15, 0.2) is 0 Å². The maximum atomic E-state index is 5.61. The van der Waals surface area contributed by atoms with Crippen LogP contribution in [-0.2, 0) is 13.5 Å². The summed E-state index contributed by atoms with van der Waals surface area (Å²) in [5.74, 6) is 0.713.